The van der Waals surface area contributed by atoms with Crippen molar-refractivity contribution in [2.24, 2.45) is 0 Å². The van der Waals surface area contributed by atoms with Gasteiger partial charge >= 0.3 is 5.97 Å². The highest BCUT2D eigenvalue weighted by Gasteiger charge is 2.19. The Hall–Kier alpha value is -3.02. The zero-order valence-corrected chi connectivity index (χ0v) is 17.5. The summed E-state index contributed by atoms with van der Waals surface area (Å²) in [4.78, 5) is 20.8. The number of benzene rings is 1. The molecule has 0 radical (unpaired) electrons. The molecule has 0 aliphatic heterocycles. The fraction of sp³-hybridized carbons (Fsp3) is 0.391. The van der Waals surface area contributed by atoms with Gasteiger partial charge in [0.15, 0.2) is 5.82 Å². The molecule has 29 heavy (non-hydrogen) atoms. The molecule has 2 heterocycles. The molecule has 3 aromatic rings. The number of carbonyl (C=O) groups is 1. The lowest BCUT2D eigenvalue weighted by molar-refractivity contribution is 0.0697. The van der Waals surface area contributed by atoms with E-state index in [1.54, 1.807) is 24.4 Å². The molecule has 6 heteroatoms. The molecule has 1 unspecified atom stereocenters. The second kappa shape index (κ2) is 8.99. The van der Waals surface area contributed by atoms with E-state index in [9.17, 15) is 9.90 Å². The number of hydrogen-bond acceptors (Lipinski definition) is 4. The monoisotopic (exact) mass is 392 g/mol. The van der Waals surface area contributed by atoms with E-state index >= 15 is 0 Å². The van der Waals surface area contributed by atoms with Crippen LogP contribution >= 0.6 is 0 Å². The predicted molar refractivity (Wildman–Crippen MR) is 113 cm³/mol. The minimum Gasteiger partial charge on any atom is -0.478 e. The van der Waals surface area contributed by atoms with E-state index in [4.69, 9.17) is 10.1 Å². The van der Waals surface area contributed by atoms with Gasteiger partial charge in [0.05, 0.1) is 17.3 Å². The van der Waals surface area contributed by atoms with E-state index in [0.29, 0.717) is 11.3 Å². The van der Waals surface area contributed by atoms with Crippen molar-refractivity contribution in [2.75, 3.05) is 0 Å². The summed E-state index contributed by atoms with van der Waals surface area (Å²) >= 11 is 0. The Labute approximate surface area is 171 Å². The van der Waals surface area contributed by atoms with Gasteiger partial charge in [0.25, 0.3) is 0 Å². The van der Waals surface area contributed by atoms with Gasteiger partial charge in [-0.1, -0.05) is 51.5 Å². The second-order valence-electron chi connectivity index (χ2n) is 7.59. The number of carboxylic acid groups (broad SMARTS) is 1. The molecule has 152 valence electrons. The zero-order valence-electron chi connectivity index (χ0n) is 17.5. The first-order chi connectivity index (χ1) is 13.9. The Morgan fingerprint density at radius 3 is 2.52 bits per heavy atom. The van der Waals surface area contributed by atoms with E-state index in [1.165, 1.54) is 0 Å². The molecule has 1 N–H and O–H groups in total. The molecule has 0 spiro atoms. The standard InChI is InChI=1S/C23H28N4O2/c1-5-6-11-21-25-22(15(2)3)26-27(21)16(4)17-12-13-20(24-14-17)18-9-7-8-10-19(18)23(28)29/h7-10,12-16H,5-6,11H2,1-4H3,(H,28,29). The quantitative estimate of drug-likeness (QED) is 0.576. The van der Waals surface area contributed by atoms with Crippen LogP contribution in [0.4, 0.5) is 0 Å². The molecule has 1 aromatic carbocycles. The normalized spacial score (nSPS) is 12.3. The summed E-state index contributed by atoms with van der Waals surface area (Å²) in [5.74, 6) is 1.19. The zero-order chi connectivity index (χ0) is 21.0. The highest BCUT2D eigenvalue weighted by Crippen LogP contribution is 2.25. The number of carboxylic acids is 1. The summed E-state index contributed by atoms with van der Waals surface area (Å²) in [5.41, 5.74) is 2.53. The number of aromatic carboxylic acids is 1. The van der Waals surface area contributed by atoms with E-state index in [1.807, 2.05) is 22.9 Å². The Morgan fingerprint density at radius 1 is 1.14 bits per heavy atom. The third-order valence-electron chi connectivity index (χ3n) is 5.06. The van der Waals surface area contributed by atoms with Crippen molar-refractivity contribution in [1.29, 1.82) is 0 Å². The molecule has 6 nitrogen and oxygen atoms in total. The molecule has 0 amide bonds. The Balaban J connectivity index is 1.92. The van der Waals surface area contributed by atoms with Crippen LogP contribution in [0.1, 0.15) is 80.1 Å². The summed E-state index contributed by atoms with van der Waals surface area (Å²) in [7, 11) is 0. The Bertz CT molecular complexity index is 977. The maximum Gasteiger partial charge on any atom is 0.336 e. The van der Waals surface area contributed by atoms with Crippen molar-refractivity contribution in [3.63, 3.8) is 0 Å². The molecular weight excluding hydrogens is 364 g/mol. The predicted octanol–water partition coefficient (Wildman–Crippen LogP) is 5.11. The average Bonchev–Trinajstić information content (AvgIpc) is 3.16. The maximum atomic E-state index is 11.5. The van der Waals surface area contributed by atoms with Gasteiger partial charge in [0.2, 0.25) is 0 Å². The van der Waals surface area contributed by atoms with Gasteiger partial charge in [0.1, 0.15) is 5.82 Å². The van der Waals surface area contributed by atoms with Crippen molar-refractivity contribution in [3.8, 4) is 11.3 Å². The van der Waals surface area contributed by atoms with Gasteiger partial charge in [-0.3, -0.25) is 4.98 Å². The first kappa shape index (κ1) is 20.7. The number of aromatic nitrogens is 4. The van der Waals surface area contributed by atoms with Gasteiger partial charge in [-0.25, -0.2) is 14.5 Å². The van der Waals surface area contributed by atoms with Crippen LogP contribution in [0.15, 0.2) is 42.6 Å². The van der Waals surface area contributed by atoms with Gasteiger partial charge in [0, 0.05) is 24.1 Å². The number of rotatable bonds is 8. The topological polar surface area (TPSA) is 80.9 Å². The van der Waals surface area contributed by atoms with Gasteiger partial charge < -0.3 is 5.11 Å². The van der Waals surface area contributed by atoms with Crippen molar-refractivity contribution < 1.29 is 9.90 Å². The highest BCUT2D eigenvalue weighted by molar-refractivity contribution is 5.95. The molecule has 2 aromatic heterocycles. The number of aryl methyl sites for hydroxylation is 1. The molecule has 1 atom stereocenters. The minimum atomic E-state index is -0.954. The molecule has 0 saturated carbocycles. The lowest BCUT2D eigenvalue weighted by Crippen LogP contribution is -2.13. The average molecular weight is 393 g/mol. The first-order valence-electron chi connectivity index (χ1n) is 10.2. The smallest absolute Gasteiger partial charge is 0.336 e. The molecule has 0 fully saturated rings. The van der Waals surface area contributed by atoms with Crippen LogP contribution in [0.25, 0.3) is 11.3 Å². The first-order valence-corrected chi connectivity index (χ1v) is 10.2. The van der Waals surface area contributed by atoms with E-state index in [-0.39, 0.29) is 17.5 Å². The lowest BCUT2D eigenvalue weighted by atomic mass is 10.0. The lowest BCUT2D eigenvalue weighted by Gasteiger charge is -2.15. The van der Waals surface area contributed by atoms with Crippen molar-refractivity contribution >= 4 is 5.97 Å². The molecule has 0 aliphatic carbocycles. The Morgan fingerprint density at radius 2 is 1.90 bits per heavy atom. The maximum absolute atomic E-state index is 11.5. The van der Waals surface area contributed by atoms with Crippen LogP contribution in [-0.2, 0) is 6.42 Å². The fourth-order valence-electron chi connectivity index (χ4n) is 3.28. The van der Waals surface area contributed by atoms with E-state index in [2.05, 4.69) is 32.7 Å². The summed E-state index contributed by atoms with van der Waals surface area (Å²) < 4.78 is 2.01. The summed E-state index contributed by atoms with van der Waals surface area (Å²) in [6.07, 6.45) is 4.89. The molecule has 0 bridgehead atoms. The van der Waals surface area contributed by atoms with Crippen LogP contribution < -0.4 is 0 Å². The third-order valence-corrected chi connectivity index (χ3v) is 5.06. The van der Waals surface area contributed by atoms with Gasteiger partial charge in [-0.2, -0.15) is 5.10 Å². The van der Waals surface area contributed by atoms with Crippen LogP contribution in [-0.4, -0.2) is 30.8 Å². The van der Waals surface area contributed by atoms with Crippen LogP contribution in [0, 0.1) is 0 Å². The van der Waals surface area contributed by atoms with Crippen molar-refractivity contribution in [3.05, 3.63) is 65.4 Å². The van der Waals surface area contributed by atoms with Crippen LogP contribution in [0.5, 0.6) is 0 Å². The van der Waals surface area contributed by atoms with E-state index in [0.717, 1.165) is 36.5 Å². The number of hydrogen-bond donors (Lipinski definition) is 1. The van der Waals surface area contributed by atoms with Crippen molar-refractivity contribution in [2.45, 2.75) is 58.9 Å². The third kappa shape index (κ3) is 4.53. The van der Waals surface area contributed by atoms with Crippen LogP contribution in [0.3, 0.4) is 0 Å². The SMILES string of the molecule is CCCCc1nc(C(C)C)nn1C(C)c1ccc(-c2ccccc2C(=O)O)nc1. The van der Waals surface area contributed by atoms with E-state index < -0.39 is 5.97 Å². The largest absolute Gasteiger partial charge is 0.478 e. The molecule has 0 aliphatic rings. The highest BCUT2D eigenvalue weighted by atomic mass is 16.4. The van der Waals surface area contributed by atoms with Gasteiger partial charge in [-0.15, -0.1) is 0 Å². The minimum absolute atomic E-state index is 0.00174. The summed E-state index contributed by atoms with van der Waals surface area (Å²) in [6, 6.07) is 10.8. The number of pyridine rings is 1. The fourth-order valence-corrected chi connectivity index (χ4v) is 3.28. The van der Waals surface area contributed by atoms with Crippen LogP contribution in [0.2, 0.25) is 0 Å². The van der Waals surface area contributed by atoms with Gasteiger partial charge in [-0.05, 0) is 31.0 Å². The molecule has 3 rings (SSSR count). The Kier molecular flexibility index (Phi) is 6.42. The number of unbranched alkanes of at least 4 members (excludes halogenated alkanes) is 1. The second-order valence-corrected chi connectivity index (χ2v) is 7.59. The molecular formula is C23H28N4O2. The summed E-state index contributed by atoms with van der Waals surface area (Å²) in [6.45, 7) is 8.47. The number of nitrogens with zero attached hydrogens (tertiary/aromatic N) is 4. The van der Waals surface area contributed by atoms with Crippen molar-refractivity contribution in [1.82, 2.24) is 19.7 Å². The summed E-state index contributed by atoms with van der Waals surface area (Å²) in [5, 5.41) is 14.2. The molecule has 0 saturated heterocycles.